The first kappa shape index (κ1) is 14.1. The second-order valence-corrected chi connectivity index (χ2v) is 5.64. The highest BCUT2D eigenvalue weighted by molar-refractivity contribution is 6.40. The van der Waals surface area contributed by atoms with Crippen LogP contribution in [0.15, 0.2) is 36.5 Å². The molecule has 0 aliphatic heterocycles. The summed E-state index contributed by atoms with van der Waals surface area (Å²) >= 11 is 12.1. The van der Waals surface area contributed by atoms with Gasteiger partial charge in [-0.05, 0) is 42.8 Å². The van der Waals surface area contributed by atoms with Crippen LogP contribution >= 0.6 is 23.2 Å². The lowest BCUT2D eigenvalue weighted by Crippen LogP contribution is -2.03. The third kappa shape index (κ3) is 2.43. The molecule has 0 atom stereocenters. The van der Waals surface area contributed by atoms with Crippen molar-refractivity contribution < 1.29 is 9.18 Å². The Kier molecular flexibility index (Phi) is 3.47. The maximum absolute atomic E-state index is 13.2. The standard InChI is InChI=1S/C16H10Cl2FNO/c1-8-4-10(19)2-3-11(8)16(21)12-7-20-14-6-9(17)5-13(18)15(12)14/h2-7,20H,1H3. The summed E-state index contributed by atoms with van der Waals surface area (Å²) in [7, 11) is 0. The molecular weight excluding hydrogens is 312 g/mol. The van der Waals surface area contributed by atoms with Crippen LogP contribution in [0.4, 0.5) is 4.39 Å². The van der Waals surface area contributed by atoms with E-state index in [4.69, 9.17) is 23.2 Å². The van der Waals surface area contributed by atoms with Gasteiger partial charge in [0.05, 0.1) is 5.02 Å². The van der Waals surface area contributed by atoms with Crippen molar-refractivity contribution in [3.63, 3.8) is 0 Å². The second-order valence-electron chi connectivity index (χ2n) is 4.80. The molecule has 2 aromatic carbocycles. The molecule has 2 nitrogen and oxygen atoms in total. The van der Waals surface area contributed by atoms with Crippen LogP contribution in [0.5, 0.6) is 0 Å². The van der Waals surface area contributed by atoms with Crippen molar-refractivity contribution in [2.75, 3.05) is 0 Å². The van der Waals surface area contributed by atoms with Gasteiger partial charge in [-0.1, -0.05) is 23.2 Å². The summed E-state index contributed by atoms with van der Waals surface area (Å²) in [5.41, 5.74) is 2.17. The van der Waals surface area contributed by atoms with Gasteiger partial charge in [-0.25, -0.2) is 4.39 Å². The number of fused-ring (bicyclic) bond motifs is 1. The average Bonchev–Trinajstić information content (AvgIpc) is 2.81. The van der Waals surface area contributed by atoms with Crippen LogP contribution < -0.4 is 0 Å². The van der Waals surface area contributed by atoms with Crippen molar-refractivity contribution in [3.05, 3.63) is 69.1 Å². The fraction of sp³-hybridized carbons (Fsp3) is 0.0625. The number of aryl methyl sites for hydroxylation is 1. The van der Waals surface area contributed by atoms with E-state index in [0.717, 1.165) is 0 Å². The highest BCUT2D eigenvalue weighted by Crippen LogP contribution is 2.31. The average molecular weight is 322 g/mol. The summed E-state index contributed by atoms with van der Waals surface area (Å²) < 4.78 is 13.2. The fourth-order valence-electron chi connectivity index (χ4n) is 2.39. The van der Waals surface area contributed by atoms with Gasteiger partial charge in [-0.3, -0.25) is 4.79 Å². The van der Waals surface area contributed by atoms with E-state index in [1.54, 1.807) is 25.3 Å². The number of nitrogens with one attached hydrogen (secondary N) is 1. The van der Waals surface area contributed by atoms with Crippen LogP contribution in [0.1, 0.15) is 21.5 Å². The van der Waals surface area contributed by atoms with E-state index in [1.807, 2.05) is 0 Å². The van der Waals surface area contributed by atoms with Crippen LogP contribution in [-0.2, 0) is 0 Å². The van der Waals surface area contributed by atoms with E-state index in [2.05, 4.69) is 4.98 Å². The largest absolute Gasteiger partial charge is 0.360 e. The minimum absolute atomic E-state index is 0.206. The van der Waals surface area contributed by atoms with Crippen LogP contribution in [0.2, 0.25) is 10.0 Å². The van der Waals surface area contributed by atoms with E-state index in [0.29, 0.717) is 37.6 Å². The van der Waals surface area contributed by atoms with Crippen LogP contribution in [0, 0.1) is 12.7 Å². The third-order valence-electron chi connectivity index (χ3n) is 3.37. The molecule has 3 aromatic rings. The molecule has 0 fully saturated rings. The highest BCUT2D eigenvalue weighted by atomic mass is 35.5. The number of aromatic amines is 1. The molecule has 0 aliphatic carbocycles. The zero-order chi connectivity index (χ0) is 15.1. The highest BCUT2D eigenvalue weighted by Gasteiger charge is 2.18. The Bertz CT molecular complexity index is 870. The lowest BCUT2D eigenvalue weighted by Gasteiger charge is -2.05. The van der Waals surface area contributed by atoms with Gasteiger partial charge in [0.25, 0.3) is 0 Å². The zero-order valence-electron chi connectivity index (χ0n) is 11.0. The molecule has 0 amide bonds. The number of halogens is 3. The van der Waals surface area contributed by atoms with Gasteiger partial charge in [0.2, 0.25) is 0 Å². The molecule has 21 heavy (non-hydrogen) atoms. The topological polar surface area (TPSA) is 32.9 Å². The van der Waals surface area contributed by atoms with Gasteiger partial charge >= 0.3 is 0 Å². The monoisotopic (exact) mass is 321 g/mol. The quantitative estimate of drug-likeness (QED) is 0.650. The van der Waals surface area contributed by atoms with E-state index in [9.17, 15) is 9.18 Å². The summed E-state index contributed by atoms with van der Waals surface area (Å²) in [4.78, 5) is 15.6. The molecule has 0 spiro atoms. The maximum Gasteiger partial charge on any atom is 0.195 e. The Morgan fingerprint density at radius 1 is 1.14 bits per heavy atom. The van der Waals surface area contributed by atoms with Crippen molar-refractivity contribution in [2.45, 2.75) is 6.92 Å². The summed E-state index contributed by atoms with van der Waals surface area (Å²) in [6.07, 6.45) is 1.60. The first-order valence-electron chi connectivity index (χ1n) is 6.24. The van der Waals surface area contributed by atoms with Crippen molar-refractivity contribution in [2.24, 2.45) is 0 Å². The molecule has 3 rings (SSSR count). The SMILES string of the molecule is Cc1cc(F)ccc1C(=O)c1c[nH]c2cc(Cl)cc(Cl)c12. The number of hydrogen-bond acceptors (Lipinski definition) is 1. The Morgan fingerprint density at radius 3 is 2.62 bits per heavy atom. The molecule has 0 aliphatic rings. The molecule has 1 N–H and O–H groups in total. The Morgan fingerprint density at radius 2 is 1.90 bits per heavy atom. The molecule has 1 aromatic heterocycles. The van der Waals surface area contributed by atoms with Crippen LogP contribution in [-0.4, -0.2) is 10.8 Å². The number of ketones is 1. The Labute approximate surface area is 130 Å². The first-order chi connectivity index (χ1) is 9.97. The van der Waals surface area contributed by atoms with Crippen molar-refractivity contribution in [1.82, 2.24) is 4.98 Å². The number of H-pyrrole nitrogens is 1. The van der Waals surface area contributed by atoms with Gasteiger partial charge < -0.3 is 4.98 Å². The van der Waals surface area contributed by atoms with E-state index >= 15 is 0 Å². The van der Waals surface area contributed by atoms with Crippen LogP contribution in [0.25, 0.3) is 10.9 Å². The molecule has 5 heteroatoms. The number of rotatable bonds is 2. The number of aromatic nitrogens is 1. The van der Waals surface area contributed by atoms with Gasteiger partial charge in [0.15, 0.2) is 5.78 Å². The Balaban J connectivity index is 2.18. The number of benzene rings is 2. The van der Waals surface area contributed by atoms with Gasteiger partial charge in [-0.2, -0.15) is 0 Å². The predicted molar refractivity (Wildman–Crippen MR) is 82.9 cm³/mol. The molecule has 0 saturated heterocycles. The third-order valence-corrected chi connectivity index (χ3v) is 3.89. The summed E-state index contributed by atoms with van der Waals surface area (Å²) in [5, 5.41) is 1.52. The van der Waals surface area contributed by atoms with E-state index in [1.165, 1.54) is 18.2 Å². The molecule has 0 unspecified atom stereocenters. The van der Waals surface area contributed by atoms with E-state index < -0.39 is 0 Å². The van der Waals surface area contributed by atoms with Crippen LogP contribution in [0.3, 0.4) is 0 Å². The van der Waals surface area contributed by atoms with E-state index in [-0.39, 0.29) is 11.6 Å². The van der Waals surface area contributed by atoms with Gasteiger partial charge in [0.1, 0.15) is 5.82 Å². The summed E-state index contributed by atoms with van der Waals surface area (Å²) in [6.45, 7) is 1.70. The fourth-order valence-corrected chi connectivity index (χ4v) is 2.98. The summed E-state index contributed by atoms with van der Waals surface area (Å²) in [6, 6.07) is 7.38. The van der Waals surface area contributed by atoms with Crippen molar-refractivity contribution in [1.29, 1.82) is 0 Å². The van der Waals surface area contributed by atoms with Crippen molar-refractivity contribution in [3.8, 4) is 0 Å². The summed E-state index contributed by atoms with van der Waals surface area (Å²) in [5.74, 6) is -0.573. The molecule has 1 heterocycles. The predicted octanol–water partition coefficient (Wildman–Crippen LogP) is 5.15. The molecule has 0 saturated carbocycles. The van der Waals surface area contributed by atoms with Gasteiger partial charge in [-0.15, -0.1) is 0 Å². The number of carbonyl (C=O) groups excluding carboxylic acids is 1. The Hall–Kier alpha value is -1.84. The lowest BCUT2D eigenvalue weighted by molar-refractivity contribution is 0.103. The van der Waals surface area contributed by atoms with Gasteiger partial charge in [0, 0.05) is 33.2 Å². The molecule has 0 radical (unpaired) electrons. The minimum atomic E-state index is -0.368. The molecule has 0 bridgehead atoms. The lowest BCUT2D eigenvalue weighted by atomic mass is 9.98. The normalized spacial score (nSPS) is 11.0. The maximum atomic E-state index is 13.2. The zero-order valence-corrected chi connectivity index (χ0v) is 12.5. The smallest absolute Gasteiger partial charge is 0.195 e. The second kappa shape index (κ2) is 5.17. The molecule has 106 valence electrons. The van der Waals surface area contributed by atoms with Crippen molar-refractivity contribution >= 4 is 39.9 Å². The first-order valence-corrected chi connectivity index (χ1v) is 7.00. The minimum Gasteiger partial charge on any atom is -0.360 e. The number of carbonyl (C=O) groups is 1. The number of hydrogen-bond donors (Lipinski definition) is 1. The molecular formula is C16H10Cl2FNO.